The topological polar surface area (TPSA) is 104 Å². The quantitative estimate of drug-likeness (QED) is 0.233. The summed E-state index contributed by atoms with van der Waals surface area (Å²) in [4.78, 5) is 35.8. The van der Waals surface area contributed by atoms with E-state index in [0.717, 1.165) is 28.7 Å². The molecule has 1 unspecified atom stereocenters. The van der Waals surface area contributed by atoms with E-state index in [9.17, 15) is 24.2 Å². The van der Waals surface area contributed by atoms with Crippen LogP contribution in [-0.2, 0) is 27.0 Å². The Morgan fingerprint density at radius 3 is 2.05 bits per heavy atom. The molecular formula is C30H36NO5P. The van der Waals surface area contributed by atoms with E-state index in [-0.39, 0.29) is 18.7 Å². The molecule has 0 bridgehead atoms. The van der Waals surface area contributed by atoms with Crippen molar-refractivity contribution in [1.29, 1.82) is 0 Å². The minimum atomic E-state index is -3.66. The number of hydrogen-bond donors (Lipinski definition) is 3. The van der Waals surface area contributed by atoms with E-state index in [1.807, 2.05) is 91.9 Å². The van der Waals surface area contributed by atoms with Gasteiger partial charge in [0.05, 0.1) is 5.92 Å². The lowest BCUT2D eigenvalue weighted by Crippen LogP contribution is -2.45. The summed E-state index contributed by atoms with van der Waals surface area (Å²) in [6.07, 6.45) is 2.33. The van der Waals surface area contributed by atoms with E-state index in [1.54, 1.807) is 0 Å². The second kappa shape index (κ2) is 13.9. The maximum absolute atomic E-state index is 13.3. The SMILES string of the molecule is CCCC[C@H](NC(=O)[C@@H](Cc1ccc(-c2ccccc2)cc1)CP(=O)(O)CCc1ccccc1)C(=O)O. The smallest absolute Gasteiger partial charge is 0.326 e. The first-order chi connectivity index (χ1) is 17.8. The van der Waals surface area contributed by atoms with Gasteiger partial charge in [-0.15, -0.1) is 0 Å². The monoisotopic (exact) mass is 521 g/mol. The van der Waals surface area contributed by atoms with E-state index in [0.29, 0.717) is 19.3 Å². The maximum Gasteiger partial charge on any atom is 0.326 e. The second-order valence-corrected chi connectivity index (χ2v) is 12.0. The van der Waals surface area contributed by atoms with Gasteiger partial charge in [0.2, 0.25) is 13.3 Å². The van der Waals surface area contributed by atoms with Crippen molar-refractivity contribution in [1.82, 2.24) is 5.32 Å². The number of unbranched alkanes of at least 4 members (excludes halogenated alkanes) is 1. The van der Waals surface area contributed by atoms with Crippen molar-refractivity contribution in [2.24, 2.45) is 5.92 Å². The molecule has 3 atom stereocenters. The summed E-state index contributed by atoms with van der Waals surface area (Å²) in [7, 11) is -3.66. The molecule has 0 saturated carbocycles. The second-order valence-electron chi connectivity index (χ2n) is 9.49. The van der Waals surface area contributed by atoms with Crippen LogP contribution in [0.1, 0.15) is 37.3 Å². The lowest BCUT2D eigenvalue weighted by Gasteiger charge is -2.23. The van der Waals surface area contributed by atoms with Crippen molar-refractivity contribution in [2.45, 2.75) is 45.1 Å². The fourth-order valence-corrected chi connectivity index (χ4v) is 6.10. The molecule has 1 amide bonds. The number of aryl methyl sites for hydroxylation is 1. The Balaban J connectivity index is 1.76. The molecule has 3 aromatic carbocycles. The summed E-state index contributed by atoms with van der Waals surface area (Å²) < 4.78 is 13.2. The van der Waals surface area contributed by atoms with Crippen molar-refractivity contribution in [2.75, 3.05) is 12.3 Å². The van der Waals surface area contributed by atoms with Gasteiger partial charge in [0.1, 0.15) is 6.04 Å². The van der Waals surface area contributed by atoms with Crippen LogP contribution in [0.4, 0.5) is 0 Å². The van der Waals surface area contributed by atoms with E-state index >= 15 is 0 Å². The van der Waals surface area contributed by atoms with Crippen LogP contribution in [0.15, 0.2) is 84.9 Å². The number of benzene rings is 3. The van der Waals surface area contributed by atoms with Crippen molar-refractivity contribution < 1.29 is 24.2 Å². The molecule has 0 aromatic heterocycles. The molecule has 37 heavy (non-hydrogen) atoms. The molecule has 3 rings (SSSR count). The predicted molar refractivity (Wildman–Crippen MR) is 148 cm³/mol. The van der Waals surface area contributed by atoms with Crippen LogP contribution in [0.5, 0.6) is 0 Å². The fraction of sp³-hybridized carbons (Fsp3) is 0.333. The maximum atomic E-state index is 13.3. The van der Waals surface area contributed by atoms with Gasteiger partial charge >= 0.3 is 5.97 Å². The van der Waals surface area contributed by atoms with Crippen LogP contribution in [-0.4, -0.2) is 40.2 Å². The van der Waals surface area contributed by atoms with E-state index in [1.165, 1.54) is 0 Å². The van der Waals surface area contributed by atoms with Gasteiger partial charge in [-0.25, -0.2) is 4.79 Å². The molecule has 7 heteroatoms. The van der Waals surface area contributed by atoms with Crippen LogP contribution in [0, 0.1) is 5.92 Å². The number of aliphatic carboxylic acids is 1. The van der Waals surface area contributed by atoms with Crippen LogP contribution in [0.2, 0.25) is 0 Å². The lowest BCUT2D eigenvalue weighted by molar-refractivity contribution is -0.142. The summed E-state index contributed by atoms with van der Waals surface area (Å²) in [6, 6.07) is 26.1. The molecule has 0 saturated heterocycles. The Labute approximate surface area is 219 Å². The van der Waals surface area contributed by atoms with Gasteiger partial charge < -0.3 is 15.3 Å². The number of carboxylic acid groups (broad SMARTS) is 1. The van der Waals surface area contributed by atoms with Crippen molar-refractivity contribution >= 4 is 19.2 Å². The number of hydrogen-bond acceptors (Lipinski definition) is 3. The summed E-state index contributed by atoms with van der Waals surface area (Å²) in [6.45, 7) is 1.96. The molecule has 0 radical (unpaired) electrons. The van der Waals surface area contributed by atoms with Gasteiger partial charge in [-0.2, -0.15) is 0 Å². The average Bonchev–Trinajstić information content (AvgIpc) is 2.90. The first-order valence-electron chi connectivity index (χ1n) is 12.8. The first-order valence-corrected chi connectivity index (χ1v) is 14.8. The lowest BCUT2D eigenvalue weighted by atomic mass is 9.97. The highest BCUT2D eigenvalue weighted by Gasteiger charge is 2.31. The van der Waals surface area contributed by atoms with Gasteiger partial charge in [0.25, 0.3) is 0 Å². The highest BCUT2D eigenvalue weighted by molar-refractivity contribution is 7.58. The van der Waals surface area contributed by atoms with E-state index in [2.05, 4.69) is 5.32 Å². The van der Waals surface area contributed by atoms with Crippen molar-refractivity contribution in [3.63, 3.8) is 0 Å². The minimum absolute atomic E-state index is 0.0614. The highest BCUT2D eigenvalue weighted by Crippen LogP contribution is 2.43. The Morgan fingerprint density at radius 1 is 0.865 bits per heavy atom. The summed E-state index contributed by atoms with van der Waals surface area (Å²) in [5.41, 5.74) is 3.92. The van der Waals surface area contributed by atoms with E-state index in [4.69, 9.17) is 0 Å². The van der Waals surface area contributed by atoms with Gasteiger partial charge in [0.15, 0.2) is 0 Å². The van der Waals surface area contributed by atoms with Crippen LogP contribution >= 0.6 is 7.37 Å². The third-order valence-corrected chi connectivity index (χ3v) is 8.41. The molecule has 196 valence electrons. The number of amides is 1. The number of carbonyl (C=O) groups excluding carboxylic acids is 1. The molecule has 0 fully saturated rings. The first kappa shape index (κ1) is 28.4. The number of rotatable bonds is 14. The van der Waals surface area contributed by atoms with Crippen LogP contribution in [0.3, 0.4) is 0 Å². The minimum Gasteiger partial charge on any atom is -0.480 e. The molecule has 3 aromatic rings. The number of carboxylic acids is 1. The molecule has 0 aliphatic heterocycles. The zero-order chi connectivity index (χ0) is 26.7. The predicted octanol–water partition coefficient (Wildman–Crippen LogP) is 5.79. The Bertz CT molecular complexity index is 1180. The van der Waals surface area contributed by atoms with E-state index < -0.39 is 31.2 Å². The molecular weight excluding hydrogens is 485 g/mol. The molecule has 0 spiro atoms. The van der Waals surface area contributed by atoms with Gasteiger partial charge in [-0.3, -0.25) is 9.36 Å². The van der Waals surface area contributed by atoms with Gasteiger partial charge in [-0.05, 0) is 41.5 Å². The molecule has 0 aliphatic rings. The zero-order valence-corrected chi connectivity index (χ0v) is 22.1. The Hall–Kier alpha value is -3.21. The number of nitrogens with one attached hydrogen (secondary N) is 1. The van der Waals surface area contributed by atoms with Gasteiger partial charge in [0, 0.05) is 12.3 Å². The summed E-state index contributed by atoms with van der Waals surface area (Å²) in [5, 5.41) is 12.2. The third kappa shape index (κ3) is 9.31. The zero-order valence-electron chi connectivity index (χ0n) is 21.3. The third-order valence-electron chi connectivity index (χ3n) is 6.47. The molecule has 3 N–H and O–H groups in total. The largest absolute Gasteiger partial charge is 0.480 e. The molecule has 6 nitrogen and oxygen atoms in total. The van der Waals surface area contributed by atoms with Crippen LogP contribution < -0.4 is 5.32 Å². The number of carbonyl (C=O) groups is 2. The summed E-state index contributed by atoms with van der Waals surface area (Å²) >= 11 is 0. The average molecular weight is 522 g/mol. The van der Waals surface area contributed by atoms with Crippen molar-refractivity contribution in [3.8, 4) is 11.1 Å². The normalized spacial score (nSPS) is 14.3. The molecule has 0 heterocycles. The Morgan fingerprint density at radius 2 is 1.46 bits per heavy atom. The van der Waals surface area contributed by atoms with Crippen LogP contribution in [0.25, 0.3) is 11.1 Å². The molecule has 0 aliphatic carbocycles. The van der Waals surface area contributed by atoms with Crippen molar-refractivity contribution in [3.05, 3.63) is 96.1 Å². The fourth-order valence-electron chi connectivity index (χ4n) is 4.33. The van der Waals surface area contributed by atoms with Gasteiger partial charge in [-0.1, -0.05) is 105 Å². The Kier molecular flexibility index (Phi) is 10.7. The standard InChI is InChI=1S/C30H36NO5P/c1-2-3-14-28(30(33)34)31-29(32)27(22-37(35,36)20-19-23-10-6-4-7-11-23)21-24-15-17-26(18-16-24)25-12-8-5-9-13-25/h4-13,15-18,27-28H,2-3,14,19-22H2,1H3,(H,31,32)(H,33,34)(H,35,36)/t27-,28-/m0/s1. The summed E-state index contributed by atoms with van der Waals surface area (Å²) in [5.74, 6) is -2.41. The highest BCUT2D eigenvalue weighted by atomic mass is 31.2.